The largest absolute Gasteiger partial charge is 0.378 e. The molecule has 7 heteroatoms. The summed E-state index contributed by atoms with van der Waals surface area (Å²) in [5.41, 5.74) is 0. The second-order valence-electron chi connectivity index (χ2n) is 4.88. The van der Waals surface area contributed by atoms with Crippen molar-refractivity contribution >= 4 is 15.9 Å². The Morgan fingerprint density at radius 1 is 1.24 bits per heavy atom. The van der Waals surface area contributed by atoms with E-state index >= 15 is 0 Å². The van der Waals surface area contributed by atoms with Gasteiger partial charge in [-0.3, -0.25) is 0 Å². The predicted molar refractivity (Wildman–Crippen MR) is 60.5 cm³/mol. The van der Waals surface area contributed by atoms with E-state index in [1.807, 2.05) is 0 Å². The van der Waals surface area contributed by atoms with E-state index in [9.17, 15) is 13.2 Å². The van der Waals surface area contributed by atoms with Gasteiger partial charge in [-0.05, 0) is 6.42 Å². The lowest BCUT2D eigenvalue weighted by atomic mass is 10.2. The van der Waals surface area contributed by atoms with Crippen molar-refractivity contribution in [2.75, 3.05) is 38.6 Å². The van der Waals surface area contributed by atoms with Gasteiger partial charge in [-0.25, -0.2) is 13.2 Å². The first-order valence-electron chi connectivity index (χ1n) is 5.93. The molecule has 3 aliphatic rings. The van der Waals surface area contributed by atoms with Crippen LogP contribution in [-0.4, -0.2) is 74.1 Å². The van der Waals surface area contributed by atoms with Gasteiger partial charge in [0, 0.05) is 25.7 Å². The highest BCUT2D eigenvalue weighted by Crippen LogP contribution is 2.33. The highest BCUT2D eigenvalue weighted by atomic mass is 32.2. The standard InChI is InChI=1S/C10H16N2O4S/c13-10(11-1-3-16-4-2-11)12-6-9-5-8(12)7-17(9,14)15/h8-9H,1-7H2/t8-,9+/m0/s1. The Morgan fingerprint density at radius 2 is 1.94 bits per heavy atom. The van der Waals surface area contributed by atoms with E-state index in [1.165, 1.54) is 0 Å². The number of urea groups is 1. The number of nitrogens with zero attached hydrogens (tertiary/aromatic N) is 2. The molecular weight excluding hydrogens is 244 g/mol. The average molecular weight is 260 g/mol. The molecule has 0 unspecified atom stereocenters. The summed E-state index contributed by atoms with van der Waals surface area (Å²) in [6.45, 7) is 2.75. The molecule has 17 heavy (non-hydrogen) atoms. The van der Waals surface area contributed by atoms with Crippen LogP contribution in [0, 0.1) is 0 Å². The summed E-state index contributed by atoms with van der Waals surface area (Å²) in [5, 5.41) is -0.322. The second-order valence-corrected chi connectivity index (χ2v) is 7.20. The van der Waals surface area contributed by atoms with E-state index in [-0.39, 0.29) is 23.1 Å². The molecule has 3 rings (SSSR count). The van der Waals surface area contributed by atoms with Gasteiger partial charge in [-0.2, -0.15) is 0 Å². The third-order valence-electron chi connectivity index (χ3n) is 3.84. The van der Waals surface area contributed by atoms with E-state index in [0.29, 0.717) is 39.3 Å². The van der Waals surface area contributed by atoms with E-state index in [0.717, 1.165) is 0 Å². The van der Waals surface area contributed by atoms with Gasteiger partial charge in [-0.15, -0.1) is 0 Å². The van der Waals surface area contributed by atoms with Crippen LogP contribution in [0.2, 0.25) is 0 Å². The van der Waals surface area contributed by atoms with Gasteiger partial charge in [0.05, 0.1) is 24.2 Å². The van der Waals surface area contributed by atoms with Gasteiger partial charge in [0.15, 0.2) is 9.84 Å². The molecule has 3 fully saturated rings. The maximum atomic E-state index is 12.2. The number of morpholine rings is 1. The van der Waals surface area contributed by atoms with Gasteiger partial charge in [-0.1, -0.05) is 0 Å². The molecule has 0 N–H and O–H groups in total. The van der Waals surface area contributed by atoms with Crippen molar-refractivity contribution in [2.45, 2.75) is 17.7 Å². The van der Waals surface area contributed by atoms with Gasteiger partial charge >= 0.3 is 6.03 Å². The quantitative estimate of drug-likeness (QED) is 0.578. The highest BCUT2D eigenvalue weighted by molar-refractivity contribution is 7.92. The Labute approximate surface area is 100 Å². The molecule has 0 aromatic rings. The molecule has 2 atom stereocenters. The predicted octanol–water partition coefficient (Wildman–Crippen LogP) is -0.690. The average Bonchev–Trinajstić information content (AvgIpc) is 2.84. The zero-order chi connectivity index (χ0) is 12.0. The summed E-state index contributed by atoms with van der Waals surface area (Å²) in [5.74, 6) is 0.147. The molecule has 3 heterocycles. The molecule has 96 valence electrons. The second kappa shape index (κ2) is 3.84. The fourth-order valence-electron chi connectivity index (χ4n) is 2.87. The van der Waals surface area contributed by atoms with Crippen LogP contribution in [0.5, 0.6) is 0 Å². The van der Waals surface area contributed by atoms with E-state index in [2.05, 4.69) is 0 Å². The van der Waals surface area contributed by atoms with Crippen molar-refractivity contribution in [3.8, 4) is 0 Å². The van der Waals surface area contributed by atoms with Crippen LogP contribution in [-0.2, 0) is 14.6 Å². The fourth-order valence-corrected chi connectivity index (χ4v) is 4.89. The SMILES string of the molecule is O=C(N1CCOCC1)N1C[C@H]2C[C@H]1CS2(=O)=O. The highest BCUT2D eigenvalue weighted by Gasteiger charge is 2.50. The smallest absolute Gasteiger partial charge is 0.320 e. The Bertz CT molecular complexity index is 430. The zero-order valence-corrected chi connectivity index (χ0v) is 10.4. The molecule has 6 nitrogen and oxygen atoms in total. The van der Waals surface area contributed by atoms with Crippen molar-refractivity contribution in [2.24, 2.45) is 0 Å². The molecule has 3 saturated heterocycles. The van der Waals surface area contributed by atoms with Crippen LogP contribution >= 0.6 is 0 Å². The summed E-state index contributed by atoms with van der Waals surface area (Å²) < 4.78 is 28.4. The molecule has 2 bridgehead atoms. The minimum absolute atomic E-state index is 0.0179. The minimum atomic E-state index is -2.92. The first-order valence-corrected chi connectivity index (χ1v) is 7.64. The number of hydrogen-bond acceptors (Lipinski definition) is 4. The fraction of sp³-hybridized carbons (Fsp3) is 0.900. The van der Waals surface area contributed by atoms with Crippen molar-refractivity contribution in [1.29, 1.82) is 0 Å². The van der Waals surface area contributed by atoms with E-state index in [1.54, 1.807) is 9.80 Å². The number of fused-ring (bicyclic) bond motifs is 2. The maximum absolute atomic E-state index is 12.2. The molecular formula is C10H16N2O4S. The molecule has 0 spiro atoms. The first kappa shape index (κ1) is 11.3. The first-order chi connectivity index (χ1) is 8.08. The summed E-state index contributed by atoms with van der Waals surface area (Å²) >= 11 is 0. The molecule has 0 aliphatic carbocycles. The number of likely N-dealkylation sites (tertiary alicyclic amines) is 1. The molecule has 2 amide bonds. The Kier molecular flexibility index (Phi) is 2.55. The van der Waals surface area contributed by atoms with Crippen LogP contribution < -0.4 is 0 Å². The summed E-state index contributed by atoms with van der Waals surface area (Å²) in [7, 11) is -2.92. The Balaban J connectivity index is 1.69. The number of carbonyl (C=O) groups excluding carboxylic acids is 1. The summed E-state index contributed by atoms with van der Waals surface area (Å²) in [4.78, 5) is 15.7. The van der Waals surface area contributed by atoms with Crippen LogP contribution in [0.25, 0.3) is 0 Å². The van der Waals surface area contributed by atoms with Crippen LogP contribution in [0.1, 0.15) is 6.42 Å². The van der Waals surface area contributed by atoms with Crippen molar-refractivity contribution in [3.63, 3.8) is 0 Å². The summed E-state index contributed by atoms with van der Waals surface area (Å²) in [6, 6.07) is -0.115. The Hall–Kier alpha value is -0.820. The van der Waals surface area contributed by atoms with Gasteiger partial charge in [0.2, 0.25) is 0 Å². The van der Waals surface area contributed by atoms with Crippen LogP contribution in [0.3, 0.4) is 0 Å². The third kappa shape index (κ3) is 1.81. The number of ether oxygens (including phenoxy) is 1. The summed E-state index contributed by atoms with van der Waals surface area (Å²) in [6.07, 6.45) is 0.623. The molecule has 0 radical (unpaired) electrons. The lowest BCUT2D eigenvalue weighted by molar-refractivity contribution is 0.0427. The zero-order valence-electron chi connectivity index (χ0n) is 9.54. The number of sulfone groups is 1. The van der Waals surface area contributed by atoms with Gasteiger partial charge in [0.1, 0.15) is 0 Å². The normalized spacial score (nSPS) is 35.3. The Morgan fingerprint density at radius 3 is 2.47 bits per heavy atom. The molecule has 3 aliphatic heterocycles. The minimum Gasteiger partial charge on any atom is -0.378 e. The number of amides is 2. The van der Waals surface area contributed by atoms with Gasteiger partial charge in [0.25, 0.3) is 0 Å². The molecule has 0 aromatic carbocycles. The molecule has 0 saturated carbocycles. The maximum Gasteiger partial charge on any atom is 0.320 e. The monoisotopic (exact) mass is 260 g/mol. The molecule has 0 aromatic heterocycles. The van der Waals surface area contributed by atoms with Gasteiger partial charge < -0.3 is 14.5 Å². The number of carbonyl (C=O) groups is 1. The van der Waals surface area contributed by atoms with Crippen LogP contribution in [0.15, 0.2) is 0 Å². The lowest BCUT2D eigenvalue weighted by Crippen LogP contribution is -2.52. The van der Waals surface area contributed by atoms with Crippen molar-refractivity contribution in [3.05, 3.63) is 0 Å². The van der Waals surface area contributed by atoms with Crippen molar-refractivity contribution < 1.29 is 17.9 Å². The topological polar surface area (TPSA) is 66.9 Å². The lowest BCUT2D eigenvalue weighted by Gasteiger charge is -2.34. The van der Waals surface area contributed by atoms with Crippen LogP contribution in [0.4, 0.5) is 4.79 Å². The third-order valence-corrected chi connectivity index (χ3v) is 6.04. The van der Waals surface area contributed by atoms with Crippen molar-refractivity contribution in [1.82, 2.24) is 9.80 Å². The van der Waals surface area contributed by atoms with E-state index in [4.69, 9.17) is 4.74 Å². The van der Waals surface area contributed by atoms with E-state index < -0.39 is 9.84 Å². The number of hydrogen-bond donors (Lipinski definition) is 0. The number of rotatable bonds is 0.